The van der Waals surface area contributed by atoms with Crippen molar-refractivity contribution in [3.63, 3.8) is 0 Å². The largest absolute Gasteiger partial charge is 0.369 e. The summed E-state index contributed by atoms with van der Waals surface area (Å²) in [5.41, 5.74) is 4.64. The van der Waals surface area contributed by atoms with E-state index in [2.05, 4.69) is 55.8 Å². The molecule has 2 nitrogen and oxygen atoms in total. The van der Waals surface area contributed by atoms with Crippen molar-refractivity contribution in [1.82, 2.24) is 4.90 Å². The molecule has 1 atom stereocenters. The van der Waals surface area contributed by atoms with Gasteiger partial charge in [0.25, 0.3) is 0 Å². The molecule has 20 heavy (non-hydrogen) atoms. The van der Waals surface area contributed by atoms with Crippen molar-refractivity contribution in [1.29, 1.82) is 0 Å². The van der Waals surface area contributed by atoms with Crippen LogP contribution in [0, 0.1) is 0 Å². The van der Waals surface area contributed by atoms with E-state index in [9.17, 15) is 0 Å². The Hall–Kier alpha value is -1.02. The molecule has 110 valence electrons. The van der Waals surface area contributed by atoms with Gasteiger partial charge in [0.05, 0.1) is 0 Å². The van der Waals surface area contributed by atoms with Gasteiger partial charge in [0.1, 0.15) is 0 Å². The number of hydrogen-bond donors (Lipinski definition) is 0. The maximum Gasteiger partial charge on any atom is 0.0370 e. The van der Waals surface area contributed by atoms with Crippen LogP contribution < -0.4 is 4.90 Å². The zero-order chi connectivity index (χ0) is 14.3. The number of rotatable bonds is 3. The molecular weight excluding hydrogens is 244 g/mol. The summed E-state index contributed by atoms with van der Waals surface area (Å²) in [4.78, 5) is 5.03. The van der Waals surface area contributed by atoms with Crippen molar-refractivity contribution >= 4 is 5.69 Å². The number of piperazine rings is 1. The first-order valence-electron chi connectivity index (χ1n) is 8.15. The molecule has 0 N–H and O–H groups in total. The number of anilines is 1. The monoisotopic (exact) mass is 272 g/mol. The smallest absolute Gasteiger partial charge is 0.0370 e. The van der Waals surface area contributed by atoms with E-state index >= 15 is 0 Å². The lowest BCUT2D eigenvalue weighted by Gasteiger charge is -2.39. The first-order chi connectivity index (χ1) is 9.56. The highest BCUT2D eigenvalue weighted by Crippen LogP contribution is 2.44. The van der Waals surface area contributed by atoms with Gasteiger partial charge < -0.3 is 9.80 Å². The van der Waals surface area contributed by atoms with Crippen LogP contribution in [-0.2, 0) is 0 Å². The summed E-state index contributed by atoms with van der Waals surface area (Å²) >= 11 is 0. The van der Waals surface area contributed by atoms with Crippen molar-refractivity contribution in [3.05, 3.63) is 29.3 Å². The molecule has 1 aliphatic carbocycles. The molecule has 3 rings (SSSR count). The molecule has 0 aromatic heterocycles. The summed E-state index contributed by atoms with van der Waals surface area (Å²) in [6, 6.07) is 7.87. The molecule has 0 spiro atoms. The van der Waals surface area contributed by atoms with Gasteiger partial charge in [-0.15, -0.1) is 0 Å². The molecule has 0 bridgehead atoms. The highest BCUT2D eigenvalue weighted by Gasteiger charge is 2.28. The number of hydrogen-bond acceptors (Lipinski definition) is 2. The van der Waals surface area contributed by atoms with Gasteiger partial charge in [-0.25, -0.2) is 0 Å². The van der Waals surface area contributed by atoms with Crippen molar-refractivity contribution < 1.29 is 0 Å². The van der Waals surface area contributed by atoms with Crippen LogP contribution in [0.15, 0.2) is 18.2 Å². The van der Waals surface area contributed by atoms with E-state index in [1.54, 1.807) is 11.1 Å². The summed E-state index contributed by atoms with van der Waals surface area (Å²) in [6.45, 7) is 10.5. The fourth-order valence-corrected chi connectivity index (χ4v) is 3.32. The van der Waals surface area contributed by atoms with E-state index in [4.69, 9.17) is 0 Å². The van der Waals surface area contributed by atoms with E-state index in [-0.39, 0.29) is 0 Å². The Bertz CT molecular complexity index is 476. The van der Waals surface area contributed by atoms with Crippen molar-refractivity contribution in [3.8, 4) is 0 Å². The van der Waals surface area contributed by atoms with E-state index in [1.165, 1.54) is 25.1 Å². The Balaban J connectivity index is 1.85. The minimum atomic E-state index is 0.645. The first kappa shape index (κ1) is 13.9. The standard InChI is InChI=1S/C18H28N2/c1-13(2)17-8-7-16(11-18(17)15-5-6-15)20-10-9-19(4)14(3)12-20/h7-8,11,13-15H,5-6,9-10,12H2,1-4H3/t14-/m0/s1. The van der Waals surface area contributed by atoms with Gasteiger partial charge in [-0.05, 0) is 61.9 Å². The lowest BCUT2D eigenvalue weighted by atomic mass is 9.93. The molecule has 2 aliphatic rings. The van der Waals surface area contributed by atoms with Crippen LogP contribution in [0.3, 0.4) is 0 Å². The minimum absolute atomic E-state index is 0.645. The van der Waals surface area contributed by atoms with Gasteiger partial charge in [-0.2, -0.15) is 0 Å². The van der Waals surface area contributed by atoms with E-state index in [0.29, 0.717) is 12.0 Å². The van der Waals surface area contributed by atoms with Crippen molar-refractivity contribution in [2.24, 2.45) is 0 Å². The Morgan fingerprint density at radius 1 is 1.15 bits per heavy atom. The zero-order valence-corrected chi connectivity index (χ0v) is 13.4. The summed E-state index contributed by atoms with van der Waals surface area (Å²) < 4.78 is 0. The van der Waals surface area contributed by atoms with Crippen LogP contribution in [-0.4, -0.2) is 37.6 Å². The predicted octanol–water partition coefficient (Wildman–Crippen LogP) is 3.83. The lowest BCUT2D eigenvalue weighted by Crippen LogP contribution is -2.50. The third-order valence-electron chi connectivity index (χ3n) is 5.03. The zero-order valence-electron chi connectivity index (χ0n) is 13.4. The second-order valence-corrected chi connectivity index (χ2v) is 7.02. The fourth-order valence-electron chi connectivity index (χ4n) is 3.32. The summed E-state index contributed by atoms with van der Waals surface area (Å²) in [5, 5.41) is 0. The summed E-state index contributed by atoms with van der Waals surface area (Å²) in [6.07, 6.45) is 2.78. The third-order valence-corrected chi connectivity index (χ3v) is 5.03. The fraction of sp³-hybridized carbons (Fsp3) is 0.667. The average molecular weight is 272 g/mol. The molecule has 1 aliphatic heterocycles. The van der Waals surface area contributed by atoms with Crippen LogP contribution in [0.5, 0.6) is 0 Å². The average Bonchev–Trinajstić information content (AvgIpc) is 3.25. The van der Waals surface area contributed by atoms with Crippen LogP contribution in [0.4, 0.5) is 5.69 Å². The molecule has 1 aromatic carbocycles. The maximum atomic E-state index is 2.57. The number of benzene rings is 1. The maximum absolute atomic E-state index is 2.57. The number of nitrogens with zero attached hydrogens (tertiary/aromatic N) is 2. The minimum Gasteiger partial charge on any atom is -0.369 e. The Labute approximate surface area is 123 Å². The normalized spacial score (nSPS) is 24.4. The topological polar surface area (TPSA) is 6.48 Å². The summed E-state index contributed by atoms with van der Waals surface area (Å²) in [7, 11) is 2.24. The third kappa shape index (κ3) is 2.71. The van der Waals surface area contributed by atoms with E-state index < -0.39 is 0 Å². The van der Waals surface area contributed by atoms with Crippen molar-refractivity contribution in [2.75, 3.05) is 31.6 Å². The quantitative estimate of drug-likeness (QED) is 0.825. The lowest BCUT2D eigenvalue weighted by molar-refractivity contribution is 0.234. The van der Waals surface area contributed by atoms with Crippen LogP contribution >= 0.6 is 0 Å². The Morgan fingerprint density at radius 3 is 2.50 bits per heavy atom. The first-order valence-corrected chi connectivity index (χ1v) is 8.15. The highest BCUT2D eigenvalue weighted by atomic mass is 15.3. The predicted molar refractivity (Wildman–Crippen MR) is 86.8 cm³/mol. The molecular formula is C18H28N2. The molecule has 1 heterocycles. The van der Waals surface area contributed by atoms with Gasteiger partial charge in [-0.3, -0.25) is 0 Å². The van der Waals surface area contributed by atoms with Gasteiger partial charge in [0.2, 0.25) is 0 Å². The second-order valence-electron chi connectivity index (χ2n) is 7.02. The van der Waals surface area contributed by atoms with E-state index in [0.717, 1.165) is 19.0 Å². The van der Waals surface area contributed by atoms with Crippen LogP contribution in [0.25, 0.3) is 0 Å². The molecule has 1 saturated heterocycles. The van der Waals surface area contributed by atoms with Crippen LogP contribution in [0.2, 0.25) is 0 Å². The van der Waals surface area contributed by atoms with E-state index in [1.807, 2.05) is 0 Å². The molecule has 0 radical (unpaired) electrons. The highest BCUT2D eigenvalue weighted by molar-refractivity contribution is 5.54. The number of likely N-dealkylation sites (N-methyl/N-ethyl adjacent to an activating group) is 1. The van der Waals surface area contributed by atoms with Gasteiger partial charge in [0, 0.05) is 31.4 Å². The van der Waals surface area contributed by atoms with Crippen molar-refractivity contribution in [2.45, 2.75) is 51.5 Å². The van der Waals surface area contributed by atoms with Crippen LogP contribution in [0.1, 0.15) is 56.6 Å². The summed E-state index contributed by atoms with van der Waals surface area (Å²) in [5.74, 6) is 1.49. The Kier molecular flexibility index (Phi) is 3.76. The Morgan fingerprint density at radius 2 is 1.90 bits per heavy atom. The van der Waals surface area contributed by atoms with Gasteiger partial charge in [-0.1, -0.05) is 19.9 Å². The second kappa shape index (κ2) is 5.40. The molecule has 0 unspecified atom stereocenters. The SMILES string of the molecule is CC(C)c1ccc(N2CCN(C)[C@@H](C)C2)cc1C1CC1. The van der Waals surface area contributed by atoms with Gasteiger partial charge >= 0.3 is 0 Å². The molecule has 1 aromatic rings. The molecule has 0 amide bonds. The molecule has 1 saturated carbocycles. The van der Waals surface area contributed by atoms with Gasteiger partial charge in [0.15, 0.2) is 0 Å². The molecule has 2 fully saturated rings. The molecule has 2 heteroatoms.